The molecule has 0 amide bonds. The van der Waals surface area contributed by atoms with Gasteiger partial charge in [0.05, 0.1) is 16.9 Å². The van der Waals surface area contributed by atoms with Crippen LogP contribution in [0.3, 0.4) is 0 Å². The van der Waals surface area contributed by atoms with Crippen LogP contribution in [0.15, 0.2) is 30.3 Å². The number of aromatic nitrogens is 1. The third-order valence-electron chi connectivity index (χ3n) is 4.22. The number of nitriles is 1. The molecule has 1 N–H and O–H groups in total. The molecule has 2 aromatic rings. The minimum atomic E-state index is 0.625. The first-order valence-corrected chi connectivity index (χ1v) is 8.49. The summed E-state index contributed by atoms with van der Waals surface area (Å²) >= 11 is 0. The van der Waals surface area contributed by atoms with E-state index in [1.54, 1.807) is 0 Å². The van der Waals surface area contributed by atoms with Crippen molar-refractivity contribution in [3.63, 3.8) is 0 Å². The lowest BCUT2D eigenvalue weighted by atomic mass is 10.1. The number of hydrogen-bond donors (Lipinski definition) is 1. The topological polar surface area (TPSA) is 52.0 Å². The maximum absolute atomic E-state index is 9.35. The molecule has 0 fully saturated rings. The van der Waals surface area contributed by atoms with Gasteiger partial charge in [-0.2, -0.15) is 5.26 Å². The Labute approximate surface area is 145 Å². The lowest BCUT2D eigenvalue weighted by Crippen LogP contribution is -2.22. The van der Waals surface area contributed by atoms with E-state index < -0.39 is 0 Å². The standard InChI is InChI=1S/C20H26N4/c1-5-24(6-2)14-18-9-7-8-17(11-18)13-22-20-10-15(3)23-16(4)19(20)12-21/h7-11H,5-6,13-14H2,1-4H3,(H,22,23). The largest absolute Gasteiger partial charge is 0.380 e. The summed E-state index contributed by atoms with van der Waals surface area (Å²) in [6, 6.07) is 12.8. The number of pyridine rings is 1. The van der Waals surface area contributed by atoms with Crippen LogP contribution in [0.2, 0.25) is 0 Å². The van der Waals surface area contributed by atoms with Gasteiger partial charge in [-0.25, -0.2) is 0 Å². The molecule has 0 bridgehead atoms. The molecule has 0 spiro atoms. The fourth-order valence-corrected chi connectivity index (χ4v) is 2.85. The fourth-order valence-electron chi connectivity index (χ4n) is 2.85. The number of hydrogen-bond acceptors (Lipinski definition) is 4. The predicted octanol–water partition coefficient (Wildman–Crippen LogP) is 4.02. The SMILES string of the molecule is CCN(CC)Cc1cccc(CNc2cc(C)nc(C)c2C#N)c1. The van der Waals surface area contributed by atoms with Crippen molar-refractivity contribution < 1.29 is 0 Å². The molecule has 4 nitrogen and oxygen atoms in total. The van der Waals surface area contributed by atoms with Crippen LogP contribution in [-0.2, 0) is 13.1 Å². The lowest BCUT2D eigenvalue weighted by molar-refractivity contribution is 0.296. The maximum atomic E-state index is 9.35. The molecule has 1 heterocycles. The van der Waals surface area contributed by atoms with Gasteiger partial charge in [0.1, 0.15) is 6.07 Å². The van der Waals surface area contributed by atoms with E-state index in [0.717, 1.165) is 36.7 Å². The minimum Gasteiger partial charge on any atom is -0.380 e. The second-order valence-corrected chi connectivity index (χ2v) is 6.02. The van der Waals surface area contributed by atoms with Crippen molar-refractivity contribution in [2.45, 2.75) is 40.8 Å². The number of aryl methyl sites for hydroxylation is 2. The highest BCUT2D eigenvalue weighted by molar-refractivity contribution is 5.60. The van der Waals surface area contributed by atoms with E-state index in [1.165, 1.54) is 11.1 Å². The maximum Gasteiger partial charge on any atom is 0.103 e. The Morgan fingerprint density at radius 1 is 1.12 bits per heavy atom. The summed E-state index contributed by atoms with van der Waals surface area (Å²) in [4.78, 5) is 6.76. The number of nitrogens with one attached hydrogen (secondary N) is 1. The number of benzene rings is 1. The fraction of sp³-hybridized carbons (Fsp3) is 0.400. The summed E-state index contributed by atoms with van der Waals surface area (Å²) < 4.78 is 0. The van der Waals surface area contributed by atoms with Crippen molar-refractivity contribution >= 4 is 5.69 Å². The molecule has 4 heteroatoms. The van der Waals surface area contributed by atoms with E-state index in [1.807, 2.05) is 19.9 Å². The molecule has 0 radical (unpaired) electrons. The third-order valence-corrected chi connectivity index (χ3v) is 4.22. The van der Waals surface area contributed by atoms with Gasteiger partial charge in [-0.15, -0.1) is 0 Å². The second kappa shape index (κ2) is 8.47. The van der Waals surface area contributed by atoms with E-state index in [4.69, 9.17) is 0 Å². The monoisotopic (exact) mass is 322 g/mol. The van der Waals surface area contributed by atoms with Gasteiger partial charge in [-0.05, 0) is 44.1 Å². The molecule has 0 saturated heterocycles. The quantitative estimate of drug-likeness (QED) is 0.836. The van der Waals surface area contributed by atoms with Crippen molar-refractivity contribution in [3.05, 3.63) is 58.4 Å². The Morgan fingerprint density at radius 2 is 1.83 bits per heavy atom. The zero-order valence-corrected chi connectivity index (χ0v) is 15.1. The zero-order valence-electron chi connectivity index (χ0n) is 15.1. The van der Waals surface area contributed by atoms with Gasteiger partial charge in [0.15, 0.2) is 0 Å². The minimum absolute atomic E-state index is 0.625. The highest BCUT2D eigenvalue weighted by atomic mass is 15.1. The van der Waals surface area contributed by atoms with Gasteiger partial charge in [-0.1, -0.05) is 38.1 Å². The molecule has 0 aliphatic rings. The molecule has 126 valence electrons. The summed E-state index contributed by atoms with van der Waals surface area (Å²) in [6.45, 7) is 12.0. The van der Waals surface area contributed by atoms with E-state index >= 15 is 0 Å². The number of rotatable bonds is 7. The summed E-state index contributed by atoms with van der Waals surface area (Å²) in [5.41, 5.74) is 5.72. The molecule has 2 rings (SSSR count). The first kappa shape index (κ1) is 18.0. The Bertz CT molecular complexity index is 727. The highest BCUT2D eigenvalue weighted by Crippen LogP contribution is 2.20. The highest BCUT2D eigenvalue weighted by Gasteiger charge is 2.08. The molecule has 0 aliphatic carbocycles. The van der Waals surface area contributed by atoms with Crippen LogP contribution in [0.5, 0.6) is 0 Å². The van der Waals surface area contributed by atoms with Gasteiger partial charge >= 0.3 is 0 Å². The third kappa shape index (κ3) is 4.56. The summed E-state index contributed by atoms with van der Waals surface area (Å²) in [5, 5.41) is 12.7. The number of anilines is 1. The summed E-state index contributed by atoms with van der Waals surface area (Å²) in [5.74, 6) is 0. The van der Waals surface area contributed by atoms with Crippen molar-refractivity contribution in [2.75, 3.05) is 18.4 Å². The van der Waals surface area contributed by atoms with Crippen LogP contribution in [0.4, 0.5) is 5.69 Å². The van der Waals surface area contributed by atoms with E-state index in [0.29, 0.717) is 12.1 Å². The molecular weight excluding hydrogens is 296 g/mol. The Balaban J connectivity index is 2.12. The van der Waals surface area contributed by atoms with Gasteiger partial charge in [0.2, 0.25) is 0 Å². The second-order valence-electron chi connectivity index (χ2n) is 6.02. The van der Waals surface area contributed by atoms with E-state index in [9.17, 15) is 5.26 Å². The first-order valence-electron chi connectivity index (χ1n) is 8.49. The van der Waals surface area contributed by atoms with Crippen LogP contribution in [-0.4, -0.2) is 23.0 Å². The van der Waals surface area contributed by atoms with E-state index in [-0.39, 0.29) is 0 Å². The Hall–Kier alpha value is -2.38. The van der Waals surface area contributed by atoms with Gasteiger partial charge in [-0.3, -0.25) is 9.88 Å². The van der Waals surface area contributed by atoms with Gasteiger partial charge in [0, 0.05) is 18.8 Å². The van der Waals surface area contributed by atoms with Crippen LogP contribution >= 0.6 is 0 Å². The molecule has 24 heavy (non-hydrogen) atoms. The van der Waals surface area contributed by atoms with Crippen molar-refractivity contribution in [1.82, 2.24) is 9.88 Å². The molecule has 0 atom stereocenters. The van der Waals surface area contributed by atoms with Crippen molar-refractivity contribution in [2.24, 2.45) is 0 Å². The van der Waals surface area contributed by atoms with Crippen LogP contribution in [0, 0.1) is 25.2 Å². The van der Waals surface area contributed by atoms with Crippen LogP contribution < -0.4 is 5.32 Å². The smallest absolute Gasteiger partial charge is 0.103 e. The van der Waals surface area contributed by atoms with E-state index in [2.05, 4.69) is 59.4 Å². The Morgan fingerprint density at radius 3 is 2.50 bits per heavy atom. The molecule has 1 aromatic heterocycles. The summed E-state index contributed by atoms with van der Waals surface area (Å²) in [7, 11) is 0. The molecular formula is C20H26N4. The molecule has 1 aromatic carbocycles. The zero-order chi connectivity index (χ0) is 17.5. The Kier molecular flexibility index (Phi) is 6.34. The molecule has 0 saturated carbocycles. The first-order chi connectivity index (χ1) is 11.6. The van der Waals surface area contributed by atoms with Crippen molar-refractivity contribution in [1.29, 1.82) is 5.26 Å². The number of nitrogens with zero attached hydrogens (tertiary/aromatic N) is 3. The lowest BCUT2D eigenvalue weighted by Gasteiger charge is -2.18. The van der Waals surface area contributed by atoms with Crippen LogP contribution in [0.25, 0.3) is 0 Å². The normalized spacial score (nSPS) is 10.7. The van der Waals surface area contributed by atoms with Gasteiger partial charge in [0.25, 0.3) is 0 Å². The predicted molar refractivity (Wildman–Crippen MR) is 98.8 cm³/mol. The summed E-state index contributed by atoms with van der Waals surface area (Å²) in [6.07, 6.45) is 0. The van der Waals surface area contributed by atoms with Gasteiger partial charge < -0.3 is 5.32 Å². The van der Waals surface area contributed by atoms with Crippen molar-refractivity contribution in [3.8, 4) is 6.07 Å². The average molecular weight is 322 g/mol. The molecule has 0 aliphatic heterocycles. The molecule has 0 unspecified atom stereocenters. The van der Waals surface area contributed by atoms with Crippen LogP contribution in [0.1, 0.15) is 41.9 Å². The average Bonchev–Trinajstić information content (AvgIpc) is 2.58.